The van der Waals surface area contributed by atoms with Crippen molar-refractivity contribution in [2.24, 2.45) is 5.92 Å². The minimum Gasteiger partial charge on any atom is -0.486 e. The highest BCUT2D eigenvalue weighted by atomic mass is 32.2. The highest BCUT2D eigenvalue weighted by Gasteiger charge is 2.17. The molecule has 5 heteroatoms. The molecule has 1 atom stereocenters. The second kappa shape index (κ2) is 7.38. The molecule has 2 aliphatic heterocycles. The summed E-state index contributed by atoms with van der Waals surface area (Å²) in [5, 5.41) is 13.7. The van der Waals surface area contributed by atoms with Gasteiger partial charge in [0, 0.05) is 6.54 Å². The first kappa shape index (κ1) is 15.0. The Morgan fingerprint density at radius 1 is 1.19 bits per heavy atom. The molecule has 4 nitrogen and oxygen atoms in total. The number of thioether (sulfide) groups is 1. The number of rotatable bonds is 5. The second-order valence-corrected chi connectivity index (χ2v) is 6.86. The summed E-state index contributed by atoms with van der Waals surface area (Å²) in [6.45, 7) is 2.76. The Labute approximate surface area is 130 Å². The van der Waals surface area contributed by atoms with Crippen LogP contribution >= 0.6 is 11.8 Å². The van der Waals surface area contributed by atoms with E-state index in [1.165, 1.54) is 24.3 Å². The van der Waals surface area contributed by atoms with E-state index in [2.05, 4.69) is 5.32 Å². The average Bonchev–Trinajstić information content (AvgIpc) is 2.55. The summed E-state index contributed by atoms with van der Waals surface area (Å²) >= 11 is 2.05. The fourth-order valence-electron chi connectivity index (χ4n) is 2.76. The molecule has 1 unspecified atom stereocenters. The third-order valence-electron chi connectivity index (χ3n) is 4.06. The van der Waals surface area contributed by atoms with Crippen LogP contribution < -0.4 is 14.8 Å². The Morgan fingerprint density at radius 2 is 1.95 bits per heavy atom. The van der Waals surface area contributed by atoms with Gasteiger partial charge in [0.25, 0.3) is 0 Å². The van der Waals surface area contributed by atoms with Crippen LogP contribution in [-0.2, 0) is 0 Å². The molecule has 1 fully saturated rings. The smallest absolute Gasteiger partial charge is 0.161 e. The van der Waals surface area contributed by atoms with Crippen molar-refractivity contribution in [1.82, 2.24) is 5.32 Å². The van der Waals surface area contributed by atoms with Crippen LogP contribution in [-0.4, -0.2) is 42.9 Å². The lowest BCUT2D eigenvalue weighted by molar-refractivity contribution is 0.162. The number of hydrogen-bond donors (Lipinski definition) is 2. The summed E-state index contributed by atoms with van der Waals surface area (Å²) in [5.74, 6) is 4.82. The van der Waals surface area contributed by atoms with Crippen LogP contribution in [0.4, 0.5) is 0 Å². The Kier molecular flexibility index (Phi) is 5.27. The Morgan fingerprint density at radius 3 is 2.76 bits per heavy atom. The molecule has 2 N–H and O–H groups in total. The van der Waals surface area contributed by atoms with Crippen molar-refractivity contribution in [3.63, 3.8) is 0 Å². The fourth-order valence-corrected chi connectivity index (χ4v) is 3.96. The van der Waals surface area contributed by atoms with Gasteiger partial charge in [-0.25, -0.2) is 0 Å². The average molecular weight is 309 g/mol. The number of fused-ring (bicyclic) bond motifs is 1. The van der Waals surface area contributed by atoms with Gasteiger partial charge in [-0.1, -0.05) is 6.07 Å². The topological polar surface area (TPSA) is 50.7 Å². The molecule has 1 aromatic rings. The molecule has 116 valence electrons. The number of benzene rings is 1. The van der Waals surface area contributed by atoms with Gasteiger partial charge in [0.2, 0.25) is 0 Å². The maximum Gasteiger partial charge on any atom is 0.161 e. The van der Waals surface area contributed by atoms with E-state index in [4.69, 9.17) is 9.47 Å². The Hall–Kier alpha value is -0.910. The van der Waals surface area contributed by atoms with Gasteiger partial charge in [-0.2, -0.15) is 11.8 Å². The van der Waals surface area contributed by atoms with Gasteiger partial charge in [0.1, 0.15) is 13.2 Å². The third-order valence-corrected chi connectivity index (χ3v) is 5.11. The van der Waals surface area contributed by atoms with Crippen LogP contribution in [0.1, 0.15) is 24.5 Å². The monoisotopic (exact) mass is 309 g/mol. The number of nitrogens with one attached hydrogen (secondary N) is 1. The highest BCUT2D eigenvalue weighted by Crippen LogP contribution is 2.32. The lowest BCUT2D eigenvalue weighted by atomic mass is 10.0. The molecule has 0 aliphatic carbocycles. The normalized spacial score (nSPS) is 20.2. The van der Waals surface area contributed by atoms with Crippen molar-refractivity contribution in [3.05, 3.63) is 23.8 Å². The lowest BCUT2D eigenvalue weighted by Crippen LogP contribution is -2.29. The van der Waals surface area contributed by atoms with Crippen molar-refractivity contribution in [2.45, 2.75) is 18.9 Å². The SMILES string of the molecule is OC(CNCC1CCSCC1)c1ccc2c(c1)OCCO2. The van der Waals surface area contributed by atoms with Crippen LogP contribution in [0.2, 0.25) is 0 Å². The molecule has 0 radical (unpaired) electrons. The molecule has 2 aliphatic rings. The molecule has 1 saturated heterocycles. The van der Waals surface area contributed by atoms with Crippen molar-refractivity contribution in [3.8, 4) is 11.5 Å². The van der Waals surface area contributed by atoms with E-state index in [1.807, 2.05) is 30.0 Å². The summed E-state index contributed by atoms with van der Waals surface area (Å²) in [6.07, 6.45) is 2.08. The zero-order valence-electron chi connectivity index (χ0n) is 12.2. The summed E-state index contributed by atoms with van der Waals surface area (Å²) in [6, 6.07) is 5.68. The van der Waals surface area contributed by atoms with E-state index in [0.717, 1.165) is 29.5 Å². The van der Waals surface area contributed by atoms with Gasteiger partial charge in [-0.15, -0.1) is 0 Å². The minimum absolute atomic E-state index is 0.501. The zero-order valence-corrected chi connectivity index (χ0v) is 13.0. The zero-order chi connectivity index (χ0) is 14.5. The van der Waals surface area contributed by atoms with E-state index < -0.39 is 6.10 Å². The molecule has 1 aromatic carbocycles. The Balaban J connectivity index is 1.49. The van der Waals surface area contributed by atoms with Crippen LogP contribution in [0.25, 0.3) is 0 Å². The van der Waals surface area contributed by atoms with E-state index >= 15 is 0 Å². The van der Waals surface area contributed by atoms with Crippen molar-refractivity contribution >= 4 is 11.8 Å². The molecule has 0 aromatic heterocycles. The van der Waals surface area contributed by atoms with E-state index in [-0.39, 0.29) is 0 Å². The largest absolute Gasteiger partial charge is 0.486 e. The Bertz CT molecular complexity index is 463. The first-order valence-corrected chi connectivity index (χ1v) is 8.84. The van der Waals surface area contributed by atoms with Gasteiger partial charge in [-0.3, -0.25) is 0 Å². The number of aliphatic hydroxyl groups excluding tert-OH is 1. The highest BCUT2D eigenvalue weighted by molar-refractivity contribution is 7.99. The van der Waals surface area contributed by atoms with E-state index in [9.17, 15) is 5.11 Å². The molecule has 2 heterocycles. The molecule has 21 heavy (non-hydrogen) atoms. The number of ether oxygens (including phenoxy) is 2. The minimum atomic E-state index is -0.501. The number of aliphatic hydroxyl groups is 1. The molecule has 0 bridgehead atoms. The molecule has 0 spiro atoms. The van der Waals surface area contributed by atoms with Gasteiger partial charge >= 0.3 is 0 Å². The number of hydrogen-bond acceptors (Lipinski definition) is 5. The van der Waals surface area contributed by atoms with Gasteiger partial charge < -0.3 is 19.9 Å². The van der Waals surface area contributed by atoms with E-state index in [1.54, 1.807) is 0 Å². The van der Waals surface area contributed by atoms with Crippen LogP contribution in [0.5, 0.6) is 11.5 Å². The quantitative estimate of drug-likeness (QED) is 0.873. The van der Waals surface area contributed by atoms with Crippen molar-refractivity contribution < 1.29 is 14.6 Å². The second-order valence-electron chi connectivity index (χ2n) is 5.63. The molecule has 3 rings (SSSR count). The van der Waals surface area contributed by atoms with Crippen LogP contribution in [0, 0.1) is 5.92 Å². The summed E-state index contributed by atoms with van der Waals surface area (Å²) in [7, 11) is 0. The molecular weight excluding hydrogens is 286 g/mol. The van der Waals surface area contributed by atoms with Crippen molar-refractivity contribution in [1.29, 1.82) is 0 Å². The maximum absolute atomic E-state index is 10.3. The molecular formula is C16H23NO3S. The predicted molar refractivity (Wildman–Crippen MR) is 85.3 cm³/mol. The first-order chi connectivity index (χ1) is 10.3. The fraction of sp³-hybridized carbons (Fsp3) is 0.625. The maximum atomic E-state index is 10.3. The lowest BCUT2D eigenvalue weighted by Gasteiger charge is -2.23. The van der Waals surface area contributed by atoms with E-state index in [0.29, 0.717) is 19.8 Å². The third kappa shape index (κ3) is 4.05. The summed E-state index contributed by atoms with van der Waals surface area (Å²) in [4.78, 5) is 0. The van der Waals surface area contributed by atoms with Crippen molar-refractivity contribution in [2.75, 3.05) is 37.8 Å². The van der Waals surface area contributed by atoms with Gasteiger partial charge in [-0.05, 0) is 54.5 Å². The summed E-state index contributed by atoms with van der Waals surface area (Å²) < 4.78 is 11.0. The first-order valence-electron chi connectivity index (χ1n) is 7.69. The standard InChI is InChI=1S/C16H23NO3S/c18-14(11-17-10-12-3-7-21-8-4-12)13-1-2-15-16(9-13)20-6-5-19-15/h1-2,9,12,14,17-18H,3-8,10-11H2. The van der Waals surface area contributed by atoms with Gasteiger partial charge in [0.05, 0.1) is 6.10 Å². The van der Waals surface area contributed by atoms with Crippen LogP contribution in [0.3, 0.4) is 0 Å². The van der Waals surface area contributed by atoms with Gasteiger partial charge in [0.15, 0.2) is 11.5 Å². The predicted octanol–water partition coefficient (Wildman–Crippen LogP) is 2.22. The molecule has 0 amide bonds. The molecule has 0 saturated carbocycles. The summed E-state index contributed by atoms with van der Waals surface area (Å²) in [5.41, 5.74) is 0.881. The van der Waals surface area contributed by atoms with Crippen LogP contribution in [0.15, 0.2) is 18.2 Å².